The van der Waals surface area contributed by atoms with Gasteiger partial charge in [-0.3, -0.25) is 19.1 Å². The first-order valence-corrected chi connectivity index (χ1v) is 19.0. The van der Waals surface area contributed by atoms with E-state index in [0.717, 1.165) is 73.0 Å². The van der Waals surface area contributed by atoms with Gasteiger partial charge in [-0.25, -0.2) is 9.78 Å². The summed E-state index contributed by atoms with van der Waals surface area (Å²) in [5, 5.41) is 6.33. The third-order valence-corrected chi connectivity index (χ3v) is 10.9. The van der Waals surface area contributed by atoms with Crippen molar-refractivity contribution in [3.8, 4) is 17.4 Å². The normalized spacial score (nSPS) is 22.4. The van der Waals surface area contributed by atoms with E-state index in [9.17, 15) is 19.2 Å². The fourth-order valence-corrected chi connectivity index (χ4v) is 7.90. The van der Waals surface area contributed by atoms with E-state index in [-0.39, 0.29) is 42.8 Å². The van der Waals surface area contributed by atoms with Gasteiger partial charge in [0.15, 0.2) is 5.82 Å². The number of fused-ring (bicyclic) bond motifs is 1. The first-order chi connectivity index (χ1) is 25.1. The number of thiophene rings is 1. The van der Waals surface area contributed by atoms with E-state index in [0.29, 0.717) is 24.5 Å². The molecule has 3 amide bonds. The number of methoxy groups -OCH3 is 1. The quantitative estimate of drug-likeness (QED) is 0.0930. The number of allylic oxidation sites excluding steroid dienone is 2. The van der Waals surface area contributed by atoms with Crippen molar-refractivity contribution in [2.24, 2.45) is 35.5 Å². The number of likely N-dealkylation sites (tertiary alicyclic amines) is 1. The number of esters is 1. The Kier molecular flexibility index (Phi) is 12.0. The molecule has 6 rings (SSSR count). The Morgan fingerprint density at radius 3 is 2.65 bits per heavy atom. The molecule has 1 saturated heterocycles. The Morgan fingerprint density at radius 1 is 1.12 bits per heavy atom. The van der Waals surface area contributed by atoms with Crippen LogP contribution in [-0.4, -0.2) is 86.6 Å². The molecular formula is C37H47N7O7S. The van der Waals surface area contributed by atoms with Crippen LogP contribution in [0.25, 0.3) is 21.7 Å². The zero-order valence-corrected chi connectivity index (χ0v) is 30.8. The minimum absolute atomic E-state index is 0.0290. The molecule has 2 unspecified atom stereocenters. The molecule has 14 nitrogen and oxygen atoms in total. The largest absolute Gasteiger partial charge is 0.471 e. The average Bonchev–Trinajstić information content (AvgIpc) is 3.59. The van der Waals surface area contributed by atoms with Gasteiger partial charge in [0.05, 0.1) is 36.7 Å². The number of carbonyl (C=O) groups is 4. The van der Waals surface area contributed by atoms with Crippen molar-refractivity contribution in [1.82, 2.24) is 24.6 Å². The van der Waals surface area contributed by atoms with E-state index in [4.69, 9.17) is 29.9 Å². The number of rotatable bonds is 15. The molecule has 3 fully saturated rings. The van der Waals surface area contributed by atoms with Crippen molar-refractivity contribution in [2.75, 3.05) is 13.7 Å². The summed E-state index contributed by atoms with van der Waals surface area (Å²) >= 11 is 1.44. The van der Waals surface area contributed by atoms with Crippen LogP contribution in [0.5, 0.6) is 5.88 Å². The van der Waals surface area contributed by atoms with Crippen LogP contribution in [0, 0.1) is 24.7 Å². The van der Waals surface area contributed by atoms with Crippen LogP contribution in [0.3, 0.4) is 0 Å². The second-order valence-corrected chi connectivity index (χ2v) is 14.9. The molecule has 0 spiro atoms. The number of hydrogen-bond acceptors (Lipinski definition) is 11. The first-order valence-electron chi connectivity index (χ1n) is 18.1. The van der Waals surface area contributed by atoms with E-state index in [1.807, 2.05) is 31.5 Å². The number of amides is 3. The van der Waals surface area contributed by atoms with Gasteiger partial charge in [0, 0.05) is 19.7 Å². The van der Waals surface area contributed by atoms with E-state index < -0.39 is 30.1 Å². The molecule has 0 aromatic carbocycles. The predicted molar refractivity (Wildman–Crippen MR) is 195 cm³/mol. The molecule has 52 heavy (non-hydrogen) atoms. The highest BCUT2D eigenvalue weighted by Crippen LogP contribution is 2.40. The average molecular weight is 734 g/mol. The lowest BCUT2D eigenvalue weighted by Crippen LogP contribution is -2.46. The lowest BCUT2D eigenvalue weighted by Gasteiger charge is -2.25. The van der Waals surface area contributed by atoms with Gasteiger partial charge < -0.3 is 24.8 Å². The fourth-order valence-electron chi connectivity index (χ4n) is 7.13. The molecule has 0 bridgehead atoms. The SMILES string of the molecule is COC(=O)[C@H]1C[C@H]1/C=C\CCCCCC(/C=N/C(=O)OC1CCCC1)C(=O)N1CC(Oc2nc(-c3cc(C)nn3C)nc3ccsc23)C[C@H]1C(N)=O. The second kappa shape index (κ2) is 16.8. The number of hydrogen-bond donors (Lipinski definition) is 1. The Morgan fingerprint density at radius 2 is 1.92 bits per heavy atom. The molecule has 3 aromatic heterocycles. The molecule has 3 aromatic rings. The van der Waals surface area contributed by atoms with Crippen molar-refractivity contribution in [2.45, 2.75) is 95.8 Å². The summed E-state index contributed by atoms with van der Waals surface area (Å²) in [6.45, 7) is 2.00. The molecule has 278 valence electrons. The van der Waals surface area contributed by atoms with Crippen LogP contribution in [0.4, 0.5) is 4.79 Å². The first kappa shape index (κ1) is 37.1. The van der Waals surface area contributed by atoms with Gasteiger partial charge in [-0.1, -0.05) is 25.0 Å². The molecule has 4 heterocycles. The highest BCUT2D eigenvalue weighted by molar-refractivity contribution is 7.17. The number of aliphatic imine (C=N–C) groups is 1. The number of unbranched alkanes of at least 4 members (excludes halogenated alkanes) is 3. The smallest absolute Gasteiger partial charge is 0.433 e. The van der Waals surface area contributed by atoms with Crippen molar-refractivity contribution in [1.29, 1.82) is 0 Å². The monoisotopic (exact) mass is 733 g/mol. The minimum Gasteiger partial charge on any atom is -0.471 e. The Bertz CT molecular complexity index is 1830. The number of primary amides is 1. The maximum atomic E-state index is 14.2. The number of aromatic nitrogens is 4. The summed E-state index contributed by atoms with van der Waals surface area (Å²) in [4.78, 5) is 66.1. The summed E-state index contributed by atoms with van der Waals surface area (Å²) in [5.41, 5.74) is 8.13. The van der Waals surface area contributed by atoms with Crippen molar-refractivity contribution in [3.63, 3.8) is 0 Å². The van der Waals surface area contributed by atoms with E-state index in [2.05, 4.69) is 22.2 Å². The standard InChI is InChI=1S/C37H47N7O7S/c1-22-17-30(43(2)42-22)33-40-28-15-16-52-31(28)34(41-33)50-26-19-29(32(38)45)44(21-26)35(46)24(20-39-37(48)51-25-13-9-10-14-25)12-8-6-4-5-7-11-23-18-27(23)36(47)49-3/h7,11,15-17,20,23-27,29H,4-6,8-10,12-14,18-19,21H2,1-3H3,(H2,38,45)/b11-7-,39-20+/t23-,24?,26?,27+,29+/m1/s1. The molecule has 3 aliphatic rings. The Balaban J connectivity index is 1.12. The predicted octanol–water partition coefficient (Wildman–Crippen LogP) is 5.32. The van der Waals surface area contributed by atoms with Gasteiger partial charge in [0.2, 0.25) is 17.7 Å². The number of nitrogens with zero attached hydrogens (tertiary/aromatic N) is 6. The summed E-state index contributed by atoms with van der Waals surface area (Å²) in [5.74, 6) is -0.865. The van der Waals surface area contributed by atoms with Gasteiger partial charge in [-0.05, 0) is 81.7 Å². The van der Waals surface area contributed by atoms with Crippen LogP contribution in [0.1, 0.15) is 76.3 Å². The van der Waals surface area contributed by atoms with E-state index >= 15 is 0 Å². The molecule has 2 saturated carbocycles. The number of ether oxygens (including phenoxy) is 3. The van der Waals surface area contributed by atoms with Crippen LogP contribution in [0.15, 0.2) is 34.7 Å². The van der Waals surface area contributed by atoms with Gasteiger partial charge >= 0.3 is 12.1 Å². The summed E-state index contributed by atoms with van der Waals surface area (Å²) < 4.78 is 19.2. The van der Waals surface area contributed by atoms with Crippen LogP contribution in [0.2, 0.25) is 0 Å². The van der Waals surface area contributed by atoms with Gasteiger partial charge in [-0.15, -0.1) is 11.3 Å². The van der Waals surface area contributed by atoms with Crippen LogP contribution < -0.4 is 10.5 Å². The number of nitrogens with two attached hydrogens (primary N) is 1. The topological polar surface area (TPSA) is 181 Å². The summed E-state index contributed by atoms with van der Waals surface area (Å²) in [6, 6.07) is 2.89. The highest BCUT2D eigenvalue weighted by atomic mass is 32.1. The lowest BCUT2D eigenvalue weighted by atomic mass is 9.99. The van der Waals surface area contributed by atoms with Gasteiger partial charge in [-0.2, -0.15) is 15.1 Å². The zero-order valence-electron chi connectivity index (χ0n) is 29.9. The van der Waals surface area contributed by atoms with Gasteiger partial charge in [0.1, 0.15) is 28.6 Å². The molecule has 2 N–H and O–H groups in total. The molecular weight excluding hydrogens is 687 g/mol. The van der Waals surface area contributed by atoms with Crippen molar-refractivity contribution >= 4 is 51.6 Å². The maximum Gasteiger partial charge on any atom is 0.433 e. The van der Waals surface area contributed by atoms with E-state index in [1.165, 1.54) is 29.6 Å². The second-order valence-electron chi connectivity index (χ2n) is 13.9. The van der Waals surface area contributed by atoms with Crippen molar-refractivity contribution in [3.05, 3.63) is 35.4 Å². The molecule has 2 aliphatic carbocycles. The van der Waals surface area contributed by atoms with Crippen LogP contribution >= 0.6 is 11.3 Å². The third kappa shape index (κ3) is 9.03. The molecule has 0 radical (unpaired) electrons. The Hall–Kier alpha value is -4.66. The van der Waals surface area contributed by atoms with Gasteiger partial charge in [0.25, 0.3) is 0 Å². The maximum absolute atomic E-state index is 14.2. The Labute approximate surface area is 306 Å². The molecule has 1 aliphatic heterocycles. The lowest BCUT2D eigenvalue weighted by molar-refractivity contribution is -0.142. The minimum atomic E-state index is -0.903. The fraction of sp³-hybridized carbons (Fsp3) is 0.568. The van der Waals surface area contributed by atoms with E-state index in [1.54, 1.807) is 4.68 Å². The highest BCUT2D eigenvalue weighted by Gasteiger charge is 2.43. The number of aryl methyl sites for hydroxylation is 2. The summed E-state index contributed by atoms with van der Waals surface area (Å²) in [7, 11) is 3.24. The molecule has 15 heteroatoms. The third-order valence-electron chi connectivity index (χ3n) is 10.0. The van der Waals surface area contributed by atoms with Crippen molar-refractivity contribution < 1.29 is 33.4 Å². The number of carbonyl (C=O) groups excluding carboxylic acids is 4. The zero-order chi connectivity index (χ0) is 36.8. The molecule has 5 atom stereocenters. The van der Waals surface area contributed by atoms with Crippen LogP contribution in [-0.2, 0) is 30.9 Å². The summed E-state index contributed by atoms with van der Waals surface area (Å²) in [6.07, 6.45) is 12.5.